The van der Waals surface area contributed by atoms with E-state index in [0.29, 0.717) is 0 Å². The average Bonchev–Trinajstić information content (AvgIpc) is 2.31. The monoisotopic (exact) mass is 288 g/mol. The van der Waals surface area contributed by atoms with Crippen molar-refractivity contribution < 1.29 is 17.5 Å². The largest absolute Gasteiger partial charge is 0.396 e. The zero-order valence-electron chi connectivity index (χ0n) is 10.8. The van der Waals surface area contributed by atoms with E-state index in [0.717, 1.165) is 12.1 Å². The molecule has 1 aliphatic heterocycles. The summed E-state index contributed by atoms with van der Waals surface area (Å²) in [6, 6.07) is 3.44. The fourth-order valence-electron chi connectivity index (χ4n) is 2.16. The lowest BCUT2D eigenvalue weighted by Crippen LogP contribution is -2.48. The van der Waals surface area contributed by atoms with Gasteiger partial charge < -0.3 is 10.5 Å². The maximum Gasteiger partial charge on any atom is 0.243 e. The van der Waals surface area contributed by atoms with Gasteiger partial charge in [-0.2, -0.15) is 4.31 Å². The molecule has 1 heterocycles. The van der Waals surface area contributed by atoms with Crippen molar-refractivity contribution in [3.63, 3.8) is 0 Å². The highest BCUT2D eigenvalue weighted by Crippen LogP contribution is 2.23. The Labute approximate surface area is 112 Å². The highest BCUT2D eigenvalue weighted by atomic mass is 32.2. The molecule has 19 heavy (non-hydrogen) atoms. The summed E-state index contributed by atoms with van der Waals surface area (Å²) < 4.78 is 44.8. The van der Waals surface area contributed by atoms with Gasteiger partial charge in [0.15, 0.2) is 0 Å². The van der Waals surface area contributed by atoms with Gasteiger partial charge in [-0.05, 0) is 32.0 Å². The quantitative estimate of drug-likeness (QED) is 0.830. The number of nitrogens with zero attached hydrogens (tertiary/aromatic N) is 1. The van der Waals surface area contributed by atoms with Crippen molar-refractivity contribution in [1.29, 1.82) is 0 Å². The lowest BCUT2D eigenvalue weighted by molar-refractivity contribution is -0.0440. The summed E-state index contributed by atoms with van der Waals surface area (Å²) >= 11 is 0. The molecule has 1 aromatic rings. The van der Waals surface area contributed by atoms with Gasteiger partial charge in [-0.25, -0.2) is 12.8 Å². The van der Waals surface area contributed by atoms with Gasteiger partial charge in [0.05, 0.1) is 22.8 Å². The van der Waals surface area contributed by atoms with Crippen molar-refractivity contribution in [2.75, 3.05) is 18.8 Å². The van der Waals surface area contributed by atoms with E-state index in [2.05, 4.69) is 0 Å². The third-order valence-corrected chi connectivity index (χ3v) is 4.82. The minimum absolute atomic E-state index is 0.00713. The number of benzene rings is 1. The van der Waals surface area contributed by atoms with E-state index in [1.54, 1.807) is 0 Å². The Morgan fingerprint density at radius 3 is 2.42 bits per heavy atom. The van der Waals surface area contributed by atoms with Crippen LogP contribution in [0.3, 0.4) is 0 Å². The molecule has 2 N–H and O–H groups in total. The highest BCUT2D eigenvalue weighted by Gasteiger charge is 2.32. The molecule has 1 aliphatic rings. The SMILES string of the molecule is CC1CN(S(=O)(=O)c2ccc(F)c(N)c2)CC(C)O1. The highest BCUT2D eigenvalue weighted by molar-refractivity contribution is 7.89. The third-order valence-electron chi connectivity index (χ3n) is 2.99. The van der Waals surface area contributed by atoms with Gasteiger partial charge in [-0.1, -0.05) is 0 Å². The fourth-order valence-corrected chi connectivity index (χ4v) is 3.78. The molecule has 0 bridgehead atoms. The van der Waals surface area contributed by atoms with E-state index in [9.17, 15) is 12.8 Å². The number of morpholine rings is 1. The molecule has 5 nitrogen and oxygen atoms in total. The van der Waals surface area contributed by atoms with Gasteiger partial charge in [-0.3, -0.25) is 0 Å². The van der Waals surface area contributed by atoms with Crippen molar-refractivity contribution in [3.05, 3.63) is 24.0 Å². The molecule has 106 valence electrons. The van der Waals surface area contributed by atoms with Crippen LogP contribution in [-0.2, 0) is 14.8 Å². The number of nitrogen functional groups attached to an aromatic ring is 1. The van der Waals surface area contributed by atoms with Crippen LogP contribution in [0.25, 0.3) is 0 Å². The maximum absolute atomic E-state index is 13.1. The Morgan fingerprint density at radius 2 is 1.89 bits per heavy atom. The molecular weight excluding hydrogens is 271 g/mol. The summed E-state index contributed by atoms with van der Waals surface area (Å²) in [6.07, 6.45) is -0.340. The van der Waals surface area contributed by atoms with Crippen LogP contribution in [0.2, 0.25) is 0 Å². The van der Waals surface area contributed by atoms with Crippen molar-refractivity contribution in [2.45, 2.75) is 31.0 Å². The van der Waals surface area contributed by atoms with Crippen molar-refractivity contribution in [3.8, 4) is 0 Å². The first-order chi connectivity index (χ1) is 8.80. The van der Waals surface area contributed by atoms with Crippen LogP contribution < -0.4 is 5.73 Å². The molecule has 0 aromatic heterocycles. The van der Waals surface area contributed by atoms with Crippen molar-refractivity contribution in [1.82, 2.24) is 4.31 Å². The third kappa shape index (κ3) is 2.88. The summed E-state index contributed by atoms with van der Waals surface area (Å²) in [7, 11) is -3.66. The number of ether oxygens (including phenoxy) is 1. The Hall–Kier alpha value is -1.18. The second-order valence-corrected chi connectivity index (χ2v) is 6.70. The van der Waals surface area contributed by atoms with Gasteiger partial charge in [-0.15, -0.1) is 0 Å². The molecule has 0 amide bonds. The van der Waals surface area contributed by atoms with Crippen LogP contribution in [0.5, 0.6) is 0 Å². The molecular formula is C12H17FN2O3S. The molecule has 7 heteroatoms. The van der Waals surface area contributed by atoms with E-state index in [1.165, 1.54) is 10.4 Å². The Bertz CT molecular complexity index is 566. The minimum Gasteiger partial charge on any atom is -0.396 e. The van der Waals surface area contributed by atoms with E-state index in [-0.39, 0.29) is 35.9 Å². The number of anilines is 1. The van der Waals surface area contributed by atoms with Crippen molar-refractivity contribution >= 4 is 15.7 Å². The predicted octanol–water partition coefficient (Wildman–Crippen LogP) is 1.21. The number of hydrogen-bond acceptors (Lipinski definition) is 4. The Kier molecular flexibility index (Phi) is 3.80. The molecule has 2 rings (SSSR count). The van der Waals surface area contributed by atoms with Gasteiger partial charge in [0.25, 0.3) is 0 Å². The molecule has 0 saturated carbocycles. The molecule has 2 atom stereocenters. The molecule has 0 radical (unpaired) electrons. The summed E-state index contributed by atoms with van der Waals surface area (Å²) in [5, 5.41) is 0. The first-order valence-corrected chi connectivity index (χ1v) is 7.45. The Morgan fingerprint density at radius 1 is 1.32 bits per heavy atom. The van der Waals surface area contributed by atoms with E-state index >= 15 is 0 Å². The summed E-state index contributed by atoms with van der Waals surface area (Å²) in [5.41, 5.74) is 5.25. The van der Waals surface area contributed by atoms with Crippen molar-refractivity contribution in [2.24, 2.45) is 0 Å². The molecule has 0 aliphatic carbocycles. The first-order valence-electron chi connectivity index (χ1n) is 6.01. The summed E-state index contributed by atoms with van der Waals surface area (Å²) in [4.78, 5) is 0.00713. The lowest BCUT2D eigenvalue weighted by Gasteiger charge is -2.34. The molecule has 1 saturated heterocycles. The number of rotatable bonds is 2. The number of hydrogen-bond donors (Lipinski definition) is 1. The smallest absolute Gasteiger partial charge is 0.243 e. The first kappa shape index (κ1) is 14.2. The minimum atomic E-state index is -3.66. The molecule has 2 unspecified atom stereocenters. The zero-order valence-corrected chi connectivity index (χ0v) is 11.7. The van der Waals surface area contributed by atoms with Crippen LogP contribution in [0.4, 0.5) is 10.1 Å². The van der Waals surface area contributed by atoms with Gasteiger partial charge >= 0.3 is 0 Å². The van der Waals surface area contributed by atoms with E-state index in [4.69, 9.17) is 10.5 Å². The van der Waals surface area contributed by atoms with Crippen LogP contribution in [0.1, 0.15) is 13.8 Å². The molecule has 1 aromatic carbocycles. The second-order valence-electron chi connectivity index (χ2n) is 4.76. The van der Waals surface area contributed by atoms with Gasteiger partial charge in [0.1, 0.15) is 5.82 Å². The summed E-state index contributed by atoms with van der Waals surface area (Å²) in [5.74, 6) is -0.623. The van der Waals surface area contributed by atoms with Crippen LogP contribution in [0.15, 0.2) is 23.1 Å². The standard InChI is InChI=1S/C12H17FN2O3S/c1-8-6-15(7-9(2)18-8)19(16,17)10-3-4-11(13)12(14)5-10/h3-5,8-9H,6-7,14H2,1-2H3. The number of halogens is 1. The normalized spacial score (nSPS) is 25.4. The second kappa shape index (κ2) is 5.07. The maximum atomic E-state index is 13.1. The van der Waals surface area contributed by atoms with E-state index < -0.39 is 15.8 Å². The topological polar surface area (TPSA) is 72.6 Å². The fraction of sp³-hybridized carbons (Fsp3) is 0.500. The van der Waals surface area contributed by atoms with Gasteiger partial charge in [0.2, 0.25) is 10.0 Å². The zero-order chi connectivity index (χ0) is 14.2. The summed E-state index contributed by atoms with van der Waals surface area (Å²) in [6.45, 7) is 4.20. The average molecular weight is 288 g/mol. The predicted molar refractivity (Wildman–Crippen MR) is 69.6 cm³/mol. The number of sulfonamides is 1. The van der Waals surface area contributed by atoms with Crippen LogP contribution >= 0.6 is 0 Å². The lowest BCUT2D eigenvalue weighted by atomic mass is 10.3. The van der Waals surface area contributed by atoms with Crippen LogP contribution in [0, 0.1) is 5.82 Å². The number of nitrogens with two attached hydrogens (primary N) is 1. The van der Waals surface area contributed by atoms with E-state index in [1.807, 2.05) is 13.8 Å². The van der Waals surface area contributed by atoms with Crippen LogP contribution in [-0.4, -0.2) is 38.0 Å². The Balaban J connectivity index is 2.33. The molecule has 1 fully saturated rings. The van der Waals surface area contributed by atoms with Gasteiger partial charge in [0, 0.05) is 13.1 Å². The molecule has 0 spiro atoms.